The first-order chi connectivity index (χ1) is 15.0. The van der Waals surface area contributed by atoms with Gasteiger partial charge in [-0.05, 0) is 47.9 Å². The number of hydrogen-bond acceptors (Lipinski definition) is 5. The van der Waals surface area contributed by atoms with Gasteiger partial charge in [0.2, 0.25) is 0 Å². The Hall–Kier alpha value is -2.67. The SMILES string of the molecule is O=C(C=Cc1ccc2c(c1)C(=O)CC1(CCN(CCc3ccc(Cl)cc3)CC1)O2)NO. The third kappa shape index (κ3) is 5.15. The maximum absolute atomic E-state index is 12.9. The molecule has 0 aromatic heterocycles. The van der Waals surface area contributed by atoms with E-state index in [1.54, 1.807) is 29.8 Å². The topological polar surface area (TPSA) is 78.9 Å². The van der Waals surface area contributed by atoms with Crippen molar-refractivity contribution in [3.63, 3.8) is 0 Å². The van der Waals surface area contributed by atoms with E-state index in [0.717, 1.165) is 43.9 Å². The molecule has 2 aromatic rings. The number of carbonyl (C=O) groups is 2. The summed E-state index contributed by atoms with van der Waals surface area (Å²) in [6, 6.07) is 13.3. The van der Waals surface area contributed by atoms with Gasteiger partial charge in [-0.1, -0.05) is 29.8 Å². The number of nitrogens with one attached hydrogen (secondary N) is 1. The molecule has 1 amide bonds. The zero-order valence-electron chi connectivity index (χ0n) is 17.1. The summed E-state index contributed by atoms with van der Waals surface area (Å²) in [6.07, 6.45) is 5.72. The van der Waals surface area contributed by atoms with Gasteiger partial charge < -0.3 is 9.64 Å². The zero-order chi connectivity index (χ0) is 21.8. The zero-order valence-corrected chi connectivity index (χ0v) is 17.9. The van der Waals surface area contributed by atoms with E-state index in [2.05, 4.69) is 17.0 Å². The van der Waals surface area contributed by atoms with Gasteiger partial charge in [0.1, 0.15) is 11.4 Å². The van der Waals surface area contributed by atoms with Gasteiger partial charge in [0.15, 0.2) is 5.78 Å². The molecule has 2 aliphatic rings. The monoisotopic (exact) mass is 440 g/mol. The molecule has 0 atom stereocenters. The summed E-state index contributed by atoms with van der Waals surface area (Å²) in [7, 11) is 0. The number of fused-ring (bicyclic) bond motifs is 1. The summed E-state index contributed by atoms with van der Waals surface area (Å²) in [5, 5.41) is 9.33. The molecule has 0 bridgehead atoms. The van der Waals surface area contributed by atoms with E-state index in [1.807, 2.05) is 12.1 Å². The molecule has 2 heterocycles. The summed E-state index contributed by atoms with van der Waals surface area (Å²) in [5.74, 6) is 0.0504. The van der Waals surface area contributed by atoms with Crippen LogP contribution in [-0.2, 0) is 11.2 Å². The maximum Gasteiger partial charge on any atom is 0.267 e. The molecular formula is C24H25ClN2O4. The van der Waals surface area contributed by atoms with Crippen LogP contribution < -0.4 is 10.2 Å². The van der Waals surface area contributed by atoms with Crippen molar-refractivity contribution in [3.8, 4) is 5.75 Å². The minimum Gasteiger partial charge on any atom is -0.486 e. The Morgan fingerprint density at radius 2 is 1.94 bits per heavy atom. The Bertz CT molecular complexity index is 995. The van der Waals surface area contributed by atoms with Gasteiger partial charge in [0.25, 0.3) is 5.91 Å². The first-order valence-electron chi connectivity index (χ1n) is 10.4. The van der Waals surface area contributed by atoms with Crippen LogP contribution in [0.5, 0.6) is 5.75 Å². The third-order valence-electron chi connectivity index (χ3n) is 6.05. The molecule has 162 valence electrons. The molecule has 31 heavy (non-hydrogen) atoms. The number of hydroxylamine groups is 1. The third-order valence-corrected chi connectivity index (χ3v) is 6.30. The fraction of sp³-hybridized carbons (Fsp3) is 0.333. The lowest BCUT2D eigenvalue weighted by molar-refractivity contribution is -0.124. The predicted octanol–water partition coefficient (Wildman–Crippen LogP) is 3.90. The molecule has 0 saturated carbocycles. The lowest BCUT2D eigenvalue weighted by Gasteiger charge is -2.44. The molecule has 7 heteroatoms. The number of benzene rings is 2. The molecule has 1 fully saturated rings. The van der Waals surface area contributed by atoms with Crippen LogP contribution in [0, 0.1) is 0 Å². The number of carbonyl (C=O) groups excluding carboxylic acids is 2. The van der Waals surface area contributed by atoms with E-state index in [1.165, 1.54) is 11.6 Å². The smallest absolute Gasteiger partial charge is 0.267 e. The van der Waals surface area contributed by atoms with Crippen molar-refractivity contribution in [1.29, 1.82) is 0 Å². The molecule has 6 nitrogen and oxygen atoms in total. The number of piperidine rings is 1. The van der Waals surface area contributed by atoms with Crippen LogP contribution in [0.2, 0.25) is 5.02 Å². The van der Waals surface area contributed by atoms with E-state index in [0.29, 0.717) is 23.3 Å². The van der Waals surface area contributed by atoms with Gasteiger partial charge in [-0.2, -0.15) is 0 Å². The number of likely N-dealkylation sites (tertiary alicyclic amines) is 1. The van der Waals surface area contributed by atoms with Crippen molar-refractivity contribution in [2.45, 2.75) is 31.3 Å². The van der Waals surface area contributed by atoms with Crippen LogP contribution in [0.15, 0.2) is 48.5 Å². The maximum atomic E-state index is 12.9. The Labute approximate surface area is 186 Å². The van der Waals surface area contributed by atoms with Crippen molar-refractivity contribution in [2.75, 3.05) is 19.6 Å². The molecule has 0 radical (unpaired) electrons. The second-order valence-corrected chi connectivity index (χ2v) is 8.60. The normalized spacial score (nSPS) is 18.1. The average Bonchev–Trinajstić information content (AvgIpc) is 2.78. The summed E-state index contributed by atoms with van der Waals surface area (Å²) < 4.78 is 6.35. The van der Waals surface area contributed by atoms with Gasteiger partial charge in [-0.3, -0.25) is 14.8 Å². The Kier molecular flexibility index (Phi) is 6.41. The highest BCUT2D eigenvalue weighted by Crippen LogP contribution is 2.39. The quantitative estimate of drug-likeness (QED) is 0.419. The molecule has 4 rings (SSSR count). The molecule has 0 aliphatic carbocycles. The fourth-order valence-electron chi connectivity index (χ4n) is 4.23. The minimum absolute atomic E-state index is 0.0673. The highest BCUT2D eigenvalue weighted by molar-refractivity contribution is 6.30. The molecule has 2 N–H and O–H groups in total. The summed E-state index contributed by atoms with van der Waals surface area (Å²) in [4.78, 5) is 26.5. The molecule has 1 saturated heterocycles. The van der Waals surface area contributed by atoms with Gasteiger partial charge >= 0.3 is 0 Å². The van der Waals surface area contributed by atoms with Gasteiger partial charge in [-0.25, -0.2) is 5.48 Å². The van der Waals surface area contributed by atoms with E-state index in [9.17, 15) is 9.59 Å². The second kappa shape index (κ2) is 9.22. The number of rotatable bonds is 5. The van der Waals surface area contributed by atoms with Gasteiger partial charge in [0, 0.05) is 43.6 Å². The molecule has 2 aliphatic heterocycles. The van der Waals surface area contributed by atoms with Gasteiger partial charge in [-0.15, -0.1) is 0 Å². The van der Waals surface area contributed by atoms with E-state index in [-0.39, 0.29) is 5.78 Å². The van der Waals surface area contributed by atoms with Crippen LogP contribution in [0.25, 0.3) is 6.08 Å². The summed E-state index contributed by atoms with van der Waals surface area (Å²) >= 11 is 5.95. The van der Waals surface area contributed by atoms with E-state index >= 15 is 0 Å². The Morgan fingerprint density at radius 1 is 1.19 bits per heavy atom. The number of ether oxygens (including phenoxy) is 1. The molecule has 0 unspecified atom stereocenters. The number of Topliss-reactive ketones (excluding diaryl/α,β-unsaturated/α-hetero) is 1. The van der Waals surface area contributed by atoms with Crippen LogP contribution in [0.1, 0.15) is 40.7 Å². The van der Waals surface area contributed by atoms with Crippen molar-refractivity contribution < 1.29 is 19.5 Å². The fourth-order valence-corrected chi connectivity index (χ4v) is 4.35. The van der Waals surface area contributed by atoms with Crippen LogP contribution in [-0.4, -0.2) is 47.0 Å². The number of nitrogens with zero attached hydrogens (tertiary/aromatic N) is 1. The van der Waals surface area contributed by atoms with Crippen molar-refractivity contribution in [1.82, 2.24) is 10.4 Å². The minimum atomic E-state index is -0.623. The molecule has 2 aromatic carbocycles. The standard InChI is InChI=1S/C24H25ClN2O4/c25-19-5-1-17(2-6-19)9-12-27-13-10-24(11-14-27)16-21(28)20-15-18(3-7-22(20)31-24)4-8-23(29)26-30/h1-8,15,30H,9-14,16H2,(H,26,29). The van der Waals surface area contributed by atoms with Crippen molar-refractivity contribution in [2.24, 2.45) is 0 Å². The summed E-state index contributed by atoms with van der Waals surface area (Å²) in [5.41, 5.74) is 3.62. The highest BCUT2D eigenvalue weighted by Gasteiger charge is 2.42. The number of halogens is 1. The predicted molar refractivity (Wildman–Crippen MR) is 119 cm³/mol. The Morgan fingerprint density at radius 3 is 2.65 bits per heavy atom. The van der Waals surface area contributed by atoms with Crippen molar-refractivity contribution >= 4 is 29.4 Å². The van der Waals surface area contributed by atoms with Gasteiger partial charge in [0.05, 0.1) is 12.0 Å². The van der Waals surface area contributed by atoms with Crippen molar-refractivity contribution in [3.05, 3.63) is 70.3 Å². The molecule has 1 spiro atoms. The largest absolute Gasteiger partial charge is 0.486 e. The molecular weight excluding hydrogens is 416 g/mol. The highest BCUT2D eigenvalue weighted by atomic mass is 35.5. The summed E-state index contributed by atoms with van der Waals surface area (Å²) in [6.45, 7) is 2.76. The number of ketones is 1. The Balaban J connectivity index is 1.36. The lowest BCUT2D eigenvalue weighted by atomic mass is 9.82. The lowest BCUT2D eigenvalue weighted by Crippen LogP contribution is -2.51. The van der Waals surface area contributed by atoms with Crippen LogP contribution >= 0.6 is 11.6 Å². The van der Waals surface area contributed by atoms with Crippen LogP contribution in [0.4, 0.5) is 0 Å². The first kappa shape index (κ1) is 21.6. The van der Waals surface area contributed by atoms with E-state index < -0.39 is 11.5 Å². The second-order valence-electron chi connectivity index (χ2n) is 8.17. The number of amides is 1. The van der Waals surface area contributed by atoms with E-state index in [4.69, 9.17) is 21.5 Å². The number of hydrogen-bond donors (Lipinski definition) is 2. The average molecular weight is 441 g/mol. The van der Waals surface area contributed by atoms with Crippen LogP contribution in [0.3, 0.4) is 0 Å². The first-order valence-corrected chi connectivity index (χ1v) is 10.8.